The average molecular weight is 1170 g/mol. The number of ether oxygens (including phenoxy) is 3. The summed E-state index contributed by atoms with van der Waals surface area (Å²) in [5.74, 6) is -1.20. The minimum Gasteiger partial charge on any atom is -0.454 e. The normalized spacial score (nSPS) is 19.0. The molecule has 0 aliphatic carbocycles. The number of allylic oxidation sites excluding steroid dienone is 11. The van der Waals surface area contributed by atoms with Crippen molar-refractivity contribution >= 4 is 11.9 Å². The fourth-order valence-corrected chi connectivity index (χ4v) is 10.6. The van der Waals surface area contributed by atoms with E-state index in [4.69, 9.17) is 14.2 Å². The van der Waals surface area contributed by atoms with Crippen LogP contribution in [-0.2, 0) is 23.8 Å². The first-order chi connectivity index (χ1) is 40.7. The summed E-state index contributed by atoms with van der Waals surface area (Å²) in [5, 5.41) is 57.2. The third kappa shape index (κ3) is 46.9. The number of unbranched alkanes of at least 4 members (excludes halogenated alkanes) is 35. The van der Waals surface area contributed by atoms with E-state index in [9.17, 15) is 35.1 Å². The number of aliphatic hydroxyl groups excluding tert-OH is 5. The van der Waals surface area contributed by atoms with Gasteiger partial charge in [0.15, 0.2) is 12.4 Å². The zero-order chi connectivity index (χ0) is 60.3. The van der Waals surface area contributed by atoms with Gasteiger partial charge in [0, 0.05) is 6.42 Å². The molecular formula is C72H129NO10. The lowest BCUT2D eigenvalue weighted by atomic mass is 9.99. The Bertz CT molecular complexity index is 1630. The monoisotopic (exact) mass is 1170 g/mol. The number of esters is 1. The van der Waals surface area contributed by atoms with Crippen molar-refractivity contribution in [2.24, 2.45) is 0 Å². The van der Waals surface area contributed by atoms with Crippen LogP contribution in [-0.4, -0.2) is 99.6 Å². The first-order valence-corrected chi connectivity index (χ1v) is 34.7. The number of hydrogen-bond acceptors (Lipinski definition) is 10. The van der Waals surface area contributed by atoms with Gasteiger partial charge in [0.25, 0.3) is 0 Å². The molecule has 0 saturated carbocycles. The van der Waals surface area contributed by atoms with Crippen LogP contribution in [0.25, 0.3) is 0 Å². The zero-order valence-electron chi connectivity index (χ0n) is 53.6. The van der Waals surface area contributed by atoms with Gasteiger partial charge in [-0.1, -0.05) is 280 Å². The lowest BCUT2D eigenvalue weighted by molar-refractivity contribution is -0.305. The Morgan fingerprint density at radius 2 is 0.831 bits per heavy atom. The second-order valence-electron chi connectivity index (χ2n) is 23.9. The van der Waals surface area contributed by atoms with Crippen LogP contribution in [0.3, 0.4) is 0 Å². The van der Waals surface area contributed by atoms with Gasteiger partial charge in [-0.25, -0.2) is 0 Å². The maximum Gasteiger partial charge on any atom is 0.306 e. The van der Waals surface area contributed by atoms with Crippen LogP contribution in [0, 0.1) is 0 Å². The third-order valence-electron chi connectivity index (χ3n) is 16.1. The molecule has 482 valence electrons. The van der Waals surface area contributed by atoms with Crippen molar-refractivity contribution in [1.29, 1.82) is 0 Å². The van der Waals surface area contributed by atoms with Gasteiger partial charge >= 0.3 is 5.97 Å². The van der Waals surface area contributed by atoms with E-state index in [-0.39, 0.29) is 19.4 Å². The van der Waals surface area contributed by atoms with Crippen LogP contribution in [0.1, 0.15) is 310 Å². The molecule has 8 atom stereocenters. The van der Waals surface area contributed by atoms with Gasteiger partial charge in [0.1, 0.15) is 24.4 Å². The average Bonchev–Trinajstić information content (AvgIpc) is 3.67. The second kappa shape index (κ2) is 59.4. The summed E-state index contributed by atoms with van der Waals surface area (Å²) in [6.45, 7) is 5.78. The Kier molecular flexibility index (Phi) is 55.9. The predicted octanol–water partition coefficient (Wildman–Crippen LogP) is 17.5. The number of rotatable bonds is 59. The topological polar surface area (TPSA) is 175 Å². The summed E-state index contributed by atoms with van der Waals surface area (Å²) in [6, 6.07) is -1.03. The smallest absolute Gasteiger partial charge is 0.306 e. The van der Waals surface area contributed by atoms with Gasteiger partial charge < -0.3 is 45.1 Å². The summed E-state index contributed by atoms with van der Waals surface area (Å²) in [7, 11) is 0. The minimum absolute atomic E-state index is 0.117. The maximum atomic E-state index is 13.5. The molecule has 1 aliphatic rings. The molecule has 0 aromatic carbocycles. The summed E-state index contributed by atoms with van der Waals surface area (Å²) in [5.41, 5.74) is 0. The van der Waals surface area contributed by atoms with E-state index in [0.717, 1.165) is 96.3 Å². The van der Waals surface area contributed by atoms with Crippen molar-refractivity contribution in [2.45, 2.75) is 359 Å². The minimum atomic E-state index is -1.62. The molecule has 0 bridgehead atoms. The molecule has 1 fully saturated rings. The molecule has 1 amide bonds. The summed E-state index contributed by atoms with van der Waals surface area (Å²) < 4.78 is 17.7. The fourth-order valence-electron chi connectivity index (χ4n) is 10.6. The van der Waals surface area contributed by atoms with Crippen LogP contribution in [0.15, 0.2) is 72.9 Å². The quantitative estimate of drug-likeness (QED) is 0.0195. The molecule has 1 aliphatic heterocycles. The van der Waals surface area contributed by atoms with Gasteiger partial charge in [-0.2, -0.15) is 0 Å². The summed E-state index contributed by atoms with van der Waals surface area (Å²) in [4.78, 5) is 26.6. The number of amides is 1. The highest BCUT2D eigenvalue weighted by atomic mass is 16.7. The Morgan fingerprint density at radius 3 is 1.28 bits per heavy atom. The molecule has 83 heavy (non-hydrogen) atoms. The molecule has 1 heterocycles. The SMILES string of the molecule is CCCCC/C=C\C/C=C\C/C=C\C/C=C\CCCCCCCCCCC(O)C(=O)NC(COC1OC(CO)C(O)C(O)C1OC(=O)CCCCCCCCC/C=C/CCCCCCCC)C(O)/C=C/CCCCCCCCCCCCC. The first kappa shape index (κ1) is 78.1. The molecule has 1 saturated heterocycles. The van der Waals surface area contributed by atoms with Crippen LogP contribution in [0.4, 0.5) is 0 Å². The van der Waals surface area contributed by atoms with Crippen LogP contribution in [0.5, 0.6) is 0 Å². The van der Waals surface area contributed by atoms with E-state index in [2.05, 4.69) is 86.8 Å². The summed E-state index contributed by atoms with van der Waals surface area (Å²) >= 11 is 0. The summed E-state index contributed by atoms with van der Waals surface area (Å²) in [6.07, 6.45) is 66.4. The molecule has 0 aromatic heterocycles. The third-order valence-corrected chi connectivity index (χ3v) is 16.1. The molecule has 1 rings (SSSR count). The van der Waals surface area contributed by atoms with Crippen LogP contribution >= 0.6 is 0 Å². The van der Waals surface area contributed by atoms with Crippen LogP contribution < -0.4 is 5.32 Å². The van der Waals surface area contributed by atoms with E-state index in [0.29, 0.717) is 12.8 Å². The molecule has 0 spiro atoms. The molecule has 0 radical (unpaired) electrons. The van der Waals surface area contributed by atoms with E-state index in [1.165, 1.54) is 167 Å². The number of carbonyl (C=O) groups excluding carboxylic acids is 2. The highest BCUT2D eigenvalue weighted by Gasteiger charge is 2.47. The van der Waals surface area contributed by atoms with E-state index < -0.39 is 67.4 Å². The predicted molar refractivity (Wildman–Crippen MR) is 347 cm³/mol. The standard InChI is InChI=1S/C72H129NO10/c1-4-7-10-13-16-19-22-25-27-29-30-31-32-33-34-35-37-38-41-44-47-50-53-56-59-65(76)71(80)73-63(64(75)58-55-52-49-46-43-40-24-21-18-15-12-9-6-3)62-81-72-70(69(79)68(78)66(61-74)82-72)83-67(77)60-57-54-51-48-45-42-39-36-28-26-23-20-17-14-11-8-5-2/h16,19,25-28,30-31,33-34,55,58,63-66,68-70,72,74-76,78-79H,4-15,17-18,20-24,29,32,35-54,56-57,59-62H2,1-3H3,(H,73,80)/b19-16-,27-25-,28-26+,31-30-,34-33-,58-55+. The van der Waals surface area contributed by atoms with Gasteiger partial charge in [-0.3, -0.25) is 9.59 Å². The lowest BCUT2D eigenvalue weighted by Gasteiger charge is -2.41. The van der Waals surface area contributed by atoms with Crippen molar-refractivity contribution in [3.63, 3.8) is 0 Å². The molecule has 11 heteroatoms. The fraction of sp³-hybridized carbons (Fsp3) is 0.806. The van der Waals surface area contributed by atoms with Crippen LogP contribution in [0.2, 0.25) is 0 Å². The lowest BCUT2D eigenvalue weighted by Crippen LogP contribution is -2.61. The van der Waals surface area contributed by atoms with Crippen molar-refractivity contribution in [1.82, 2.24) is 5.32 Å². The largest absolute Gasteiger partial charge is 0.454 e. The van der Waals surface area contributed by atoms with Crippen molar-refractivity contribution in [2.75, 3.05) is 13.2 Å². The number of hydrogen-bond donors (Lipinski definition) is 6. The zero-order valence-corrected chi connectivity index (χ0v) is 53.6. The highest BCUT2D eigenvalue weighted by molar-refractivity contribution is 5.80. The highest BCUT2D eigenvalue weighted by Crippen LogP contribution is 2.26. The maximum absolute atomic E-state index is 13.5. The number of aliphatic hydroxyl groups is 5. The van der Waals surface area contributed by atoms with E-state index in [1.54, 1.807) is 6.08 Å². The Balaban J connectivity index is 2.62. The molecule has 8 unspecified atom stereocenters. The van der Waals surface area contributed by atoms with E-state index >= 15 is 0 Å². The Labute approximate surface area is 509 Å². The van der Waals surface area contributed by atoms with Gasteiger partial charge in [-0.05, 0) is 96.3 Å². The number of carbonyl (C=O) groups is 2. The molecule has 11 nitrogen and oxygen atoms in total. The molecular weight excluding hydrogens is 1040 g/mol. The Hall–Kier alpha value is -2.90. The van der Waals surface area contributed by atoms with Crippen molar-refractivity contribution < 1.29 is 49.3 Å². The van der Waals surface area contributed by atoms with Gasteiger partial charge in [0.2, 0.25) is 5.91 Å². The second-order valence-corrected chi connectivity index (χ2v) is 23.9. The molecule has 6 N–H and O–H groups in total. The molecule has 0 aromatic rings. The van der Waals surface area contributed by atoms with Crippen molar-refractivity contribution in [3.05, 3.63) is 72.9 Å². The number of nitrogens with one attached hydrogen (secondary N) is 1. The van der Waals surface area contributed by atoms with Gasteiger partial charge in [0.05, 0.1) is 25.4 Å². The Morgan fingerprint density at radius 1 is 0.470 bits per heavy atom. The van der Waals surface area contributed by atoms with E-state index in [1.807, 2.05) is 6.08 Å². The van der Waals surface area contributed by atoms with Crippen molar-refractivity contribution in [3.8, 4) is 0 Å². The first-order valence-electron chi connectivity index (χ1n) is 34.7. The van der Waals surface area contributed by atoms with Gasteiger partial charge in [-0.15, -0.1) is 0 Å².